The Labute approximate surface area is 184 Å². The van der Waals surface area contributed by atoms with Gasteiger partial charge in [-0.2, -0.15) is 13.2 Å². The number of nitrogens with two attached hydrogens (primary N) is 1. The Morgan fingerprint density at radius 2 is 1.81 bits per heavy atom. The zero-order valence-electron chi connectivity index (χ0n) is 16.3. The highest BCUT2D eigenvalue weighted by Crippen LogP contribution is 2.30. The van der Waals surface area contributed by atoms with E-state index < -0.39 is 37.1 Å². The van der Waals surface area contributed by atoms with Gasteiger partial charge in [-0.1, -0.05) is 6.07 Å². The van der Waals surface area contributed by atoms with Gasteiger partial charge < -0.3 is 21.1 Å². The minimum atomic E-state index is -4.45. The molecule has 0 spiro atoms. The van der Waals surface area contributed by atoms with Crippen LogP contribution < -0.4 is 21.1 Å². The lowest BCUT2D eigenvalue weighted by atomic mass is 10.1. The normalized spacial score (nSPS) is 12.0. The predicted molar refractivity (Wildman–Crippen MR) is 113 cm³/mol. The van der Waals surface area contributed by atoms with E-state index in [1.165, 1.54) is 18.2 Å². The number of rotatable bonds is 8. The number of carbonyl (C=O) groups is 2. The number of carbonyl (C=O) groups excluding carboxylic acids is 2. The van der Waals surface area contributed by atoms with Gasteiger partial charge in [-0.3, -0.25) is 15.0 Å². The Morgan fingerprint density at radius 1 is 1.16 bits per heavy atom. The fourth-order valence-corrected chi connectivity index (χ4v) is 3.03. The summed E-state index contributed by atoms with van der Waals surface area (Å²) in [6.45, 7) is 0.262. The lowest BCUT2D eigenvalue weighted by molar-refractivity contribution is -0.153. The fraction of sp³-hybridized carbons (Fsp3) is 0.250. The van der Waals surface area contributed by atoms with Gasteiger partial charge in [0, 0.05) is 11.3 Å². The Kier molecular flexibility index (Phi) is 8.03. The second-order valence-electron chi connectivity index (χ2n) is 6.60. The third-order valence-electron chi connectivity index (χ3n) is 4.03. The summed E-state index contributed by atoms with van der Waals surface area (Å²) in [6, 6.07) is 10.2. The molecule has 0 aliphatic heterocycles. The van der Waals surface area contributed by atoms with Crippen molar-refractivity contribution in [3.8, 4) is 5.75 Å². The number of anilines is 1. The first-order chi connectivity index (χ1) is 14.4. The van der Waals surface area contributed by atoms with Crippen molar-refractivity contribution >= 4 is 39.3 Å². The van der Waals surface area contributed by atoms with E-state index >= 15 is 0 Å². The molecule has 0 aliphatic carbocycles. The van der Waals surface area contributed by atoms with Gasteiger partial charge in [-0.05, 0) is 64.8 Å². The molecule has 0 radical (unpaired) electrons. The van der Waals surface area contributed by atoms with Gasteiger partial charge in [0.05, 0.1) is 10.5 Å². The standard InChI is InChI=1S/C20H20BrF3N4O3/c1-11(13-4-7-16(15(21)8-13)31-10-20(22,23)24)27-17(29)9-18(30)28-14-5-2-12(3-6-14)19(25)26/h2-8,11H,9-10H2,1H3,(H3,25,26)(H,27,29)(H,28,30). The summed E-state index contributed by atoms with van der Waals surface area (Å²) in [4.78, 5) is 24.2. The summed E-state index contributed by atoms with van der Waals surface area (Å²) in [5.41, 5.74) is 6.93. The van der Waals surface area contributed by atoms with Crippen LogP contribution in [0.15, 0.2) is 46.9 Å². The summed E-state index contributed by atoms with van der Waals surface area (Å²) < 4.78 is 41.9. The zero-order chi connectivity index (χ0) is 23.2. The molecule has 2 aromatic rings. The molecule has 0 aliphatic rings. The van der Waals surface area contributed by atoms with E-state index in [2.05, 4.69) is 26.6 Å². The Balaban J connectivity index is 1.89. The fourth-order valence-electron chi connectivity index (χ4n) is 2.52. The minimum absolute atomic E-state index is 0.0229. The SMILES string of the molecule is CC(NC(=O)CC(=O)Nc1ccc(C(=N)N)cc1)c1ccc(OCC(F)(F)F)c(Br)c1. The average Bonchev–Trinajstić information content (AvgIpc) is 2.66. The molecule has 0 saturated heterocycles. The van der Waals surface area contributed by atoms with Crippen molar-refractivity contribution in [3.63, 3.8) is 0 Å². The van der Waals surface area contributed by atoms with Crippen molar-refractivity contribution < 1.29 is 27.5 Å². The van der Waals surface area contributed by atoms with Gasteiger partial charge in [-0.15, -0.1) is 0 Å². The number of nitrogen functional groups attached to an aromatic ring is 1. The van der Waals surface area contributed by atoms with Crippen LogP contribution in [0.2, 0.25) is 0 Å². The van der Waals surface area contributed by atoms with Gasteiger partial charge in [0.15, 0.2) is 6.61 Å². The molecule has 0 heterocycles. The third-order valence-corrected chi connectivity index (χ3v) is 4.65. The highest BCUT2D eigenvalue weighted by molar-refractivity contribution is 9.10. The monoisotopic (exact) mass is 500 g/mol. The van der Waals surface area contributed by atoms with Crippen LogP contribution >= 0.6 is 15.9 Å². The van der Waals surface area contributed by atoms with Crippen LogP contribution in [0.25, 0.3) is 0 Å². The molecule has 5 N–H and O–H groups in total. The van der Waals surface area contributed by atoms with Crippen LogP contribution in [-0.2, 0) is 9.59 Å². The second kappa shape index (κ2) is 10.3. The maximum Gasteiger partial charge on any atom is 0.422 e. The number of alkyl halides is 3. The number of halogens is 4. The molecule has 2 amide bonds. The van der Waals surface area contributed by atoms with E-state index in [-0.39, 0.29) is 11.6 Å². The Hall–Kier alpha value is -3.08. The largest absolute Gasteiger partial charge is 0.483 e. The molecule has 2 aromatic carbocycles. The first-order valence-electron chi connectivity index (χ1n) is 8.97. The van der Waals surface area contributed by atoms with Crippen LogP contribution in [-0.4, -0.2) is 30.4 Å². The third kappa shape index (κ3) is 7.93. The van der Waals surface area contributed by atoms with E-state index in [0.29, 0.717) is 21.3 Å². The number of ether oxygens (including phenoxy) is 1. The van der Waals surface area contributed by atoms with Gasteiger partial charge in [0.25, 0.3) is 0 Å². The van der Waals surface area contributed by atoms with Crippen molar-refractivity contribution in [2.45, 2.75) is 25.6 Å². The molecule has 31 heavy (non-hydrogen) atoms. The zero-order valence-corrected chi connectivity index (χ0v) is 17.9. The average molecular weight is 501 g/mol. The lowest BCUT2D eigenvalue weighted by Crippen LogP contribution is -2.30. The molecule has 1 atom stereocenters. The van der Waals surface area contributed by atoms with Gasteiger partial charge in [0.2, 0.25) is 11.8 Å². The van der Waals surface area contributed by atoms with E-state index in [1.54, 1.807) is 31.2 Å². The van der Waals surface area contributed by atoms with Crippen molar-refractivity contribution in [1.82, 2.24) is 5.32 Å². The van der Waals surface area contributed by atoms with Crippen molar-refractivity contribution in [2.75, 3.05) is 11.9 Å². The second-order valence-corrected chi connectivity index (χ2v) is 7.45. The number of amides is 2. The molecule has 11 heteroatoms. The first-order valence-corrected chi connectivity index (χ1v) is 9.76. The molecular formula is C20H20BrF3N4O3. The van der Waals surface area contributed by atoms with Crippen LogP contribution in [0.4, 0.5) is 18.9 Å². The van der Waals surface area contributed by atoms with Crippen LogP contribution in [0.1, 0.15) is 30.5 Å². The molecule has 0 bridgehead atoms. The summed E-state index contributed by atoms with van der Waals surface area (Å²) in [6.07, 6.45) is -4.87. The number of hydrogen-bond acceptors (Lipinski definition) is 4. The summed E-state index contributed by atoms with van der Waals surface area (Å²) >= 11 is 3.15. The molecule has 1 unspecified atom stereocenters. The lowest BCUT2D eigenvalue weighted by Gasteiger charge is -2.16. The maximum absolute atomic E-state index is 12.3. The van der Waals surface area contributed by atoms with E-state index in [9.17, 15) is 22.8 Å². The van der Waals surface area contributed by atoms with Gasteiger partial charge in [-0.25, -0.2) is 0 Å². The topological polar surface area (TPSA) is 117 Å². The van der Waals surface area contributed by atoms with E-state index in [1.807, 2.05) is 0 Å². The number of benzene rings is 2. The first kappa shape index (κ1) is 24.2. The van der Waals surface area contributed by atoms with Crippen molar-refractivity contribution in [1.29, 1.82) is 5.41 Å². The summed E-state index contributed by atoms with van der Waals surface area (Å²) in [5.74, 6) is -1.14. The summed E-state index contributed by atoms with van der Waals surface area (Å²) in [5, 5.41) is 12.6. The molecule has 0 saturated carbocycles. The predicted octanol–water partition coefficient (Wildman–Crippen LogP) is 3.88. The highest BCUT2D eigenvalue weighted by atomic mass is 79.9. The highest BCUT2D eigenvalue weighted by Gasteiger charge is 2.28. The Bertz CT molecular complexity index is 965. The van der Waals surface area contributed by atoms with Gasteiger partial charge >= 0.3 is 6.18 Å². The van der Waals surface area contributed by atoms with Crippen LogP contribution in [0, 0.1) is 5.41 Å². The van der Waals surface area contributed by atoms with E-state index in [4.69, 9.17) is 15.9 Å². The maximum atomic E-state index is 12.3. The molecule has 2 rings (SSSR count). The van der Waals surface area contributed by atoms with Crippen LogP contribution in [0.5, 0.6) is 5.75 Å². The Morgan fingerprint density at radius 3 is 2.35 bits per heavy atom. The van der Waals surface area contributed by atoms with Gasteiger partial charge in [0.1, 0.15) is 18.0 Å². The smallest absolute Gasteiger partial charge is 0.422 e. The molecule has 0 aromatic heterocycles. The van der Waals surface area contributed by atoms with E-state index in [0.717, 1.165) is 0 Å². The molecule has 7 nitrogen and oxygen atoms in total. The number of amidine groups is 1. The quantitative estimate of drug-likeness (QED) is 0.250. The van der Waals surface area contributed by atoms with Crippen molar-refractivity contribution in [2.24, 2.45) is 5.73 Å². The van der Waals surface area contributed by atoms with Crippen LogP contribution in [0.3, 0.4) is 0 Å². The summed E-state index contributed by atoms with van der Waals surface area (Å²) in [7, 11) is 0. The minimum Gasteiger partial charge on any atom is -0.483 e. The number of nitrogens with one attached hydrogen (secondary N) is 3. The number of hydrogen-bond donors (Lipinski definition) is 4. The van der Waals surface area contributed by atoms with Crippen molar-refractivity contribution in [3.05, 3.63) is 58.1 Å². The molecular weight excluding hydrogens is 481 g/mol. The molecule has 0 fully saturated rings. The molecule has 166 valence electrons.